The van der Waals surface area contributed by atoms with Crippen molar-refractivity contribution in [2.75, 3.05) is 20.1 Å². The number of carbonyl (C=O) groups is 1. The largest absolute Gasteiger partial charge is 0.444 e. The lowest BCUT2D eigenvalue weighted by molar-refractivity contribution is -0.122. The van der Waals surface area contributed by atoms with Gasteiger partial charge in [-0.15, -0.1) is 24.0 Å². The molecule has 0 radical (unpaired) electrons. The van der Waals surface area contributed by atoms with Crippen molar-refractivity contribution < 1.29 is 9.21 Å². The van der Waals surface area contributed by atoms with Crippen molar-refractivity contribution >= 4 is 35.8 Å². The monoisotopic (exact) mass is 421 g/mol. The predicted molar refractivity (Wildman–Crippen MR) is 95.3 cm³/mol. The van der Waals surface area contributed by atoms with E-state index in [9.17, 15) is 4.79 Å². The number of aromatic nitrogens is 1. The molecule has 1 fully saturated rings. The maximum Gasteiger partial charge on any atom is 0.223 e. The highest BCUT2D eigenvalue weighted by Gasteiger charge is 2.28. The lowest BCUT2D eigenvalue weighted by Gasteiger charge is -2.11. The molecule has 1 saturated carbocycles. The van der Waals surface area contributed by atoms with Crippen LogP contribution in [-0.2, 0) is 11.3 Å². The third-order valence-electron chi connectivity index (χ3n) is 3.37. The van der Waals surface area contributed by atoms with Gasteiger partial charge in [-0.1, -0.05) is 0 Å². The van der Waals surface area contributed by atoms with E-state index in [1.54, 1.807) is 7.05 Å². The van der Waals surface area contributed by atoms with Crippen LogP contribution >= 0.6 is 24.0 Å². The van der Waals surface area contributed by atoms with Gasteiger partial charge in [-0.05, 0) is 26.7 Å². The van der Waals surface area contributed by atoms with Crippen LogP contribution < -0.4 is 16.0 Å². The minimum Gasteiger partial charge on any atom is -0.444 e. The first-order valence-corrected chi connectivity index (χ1v) is 7.25. The van der Waals surface area contributed by atoms with Crippen molar-refractivity contribution in [3.63, 3.8) is 0 Å². The average molecular weight is 421 g/mol. The Labute approximate surface area is 147 Å². The van der Waals surface area contributed by atoms with Crippen LogP contribution in [0.3, 0.4) is 0 Å². The Hall–Kier alpha value is -1.32. The van der Waals surface area contributed by atoms with Gasteiger partial charge >= 0.3 is 0 Å². The Morgan fingerprint density at radius 3 is 2.50 bits per heavy atom. The standard InChI is InChI=1S/C14H23N5O2.HI/c1-9-10(2)21-12(19-9)8-18-14(15-3)17-7-6-16-13(20)11-4-5-11;/h11H,4-8H2,1-3H3,(H,16,20)(H2,15,17,18);1H. The van der Waals surface area contributed by atoms with Crippen molar-refractivity contribution in [1.29, 1.82) is 0 Å². The van der Waals surface area contributed by atoms with Crippen molar-refractivity contribution in [1.82, 2.24) is 20.9 Å². The Morgan fingerprint density at radius 1 is 1.27 bits per heavy atom. The number of nitrogens with one attached hydrogen (secondary N) is 3. The quantitative estimate of drug-likeness (QED) is 0.277. The molecule has 0 aliphatic heterocycles. The number of aryl methyl sites for hydroxylation is 2. The smallest absolute Gasteiger partial charge is 0.223 e. The molecular formula is C14H24IN5O2. The highest BCUT2D eigenvalue weighted by molar-refractivity contribution is 14.0. The molecule has 1 heterocycles. The van der Waals surface area contributed by atoms with E-state index in [2.05, 4.69) is 25.9 Å². The van der Waals surface area contributed by atoms with E-state index in [1.165, 1.54) is 0 Å². The molecule has 0 atom stereocenters. The summed E-state index contributed by atoms with van der Waals surface area (Å²) in [5, 5.41) is 9.14. The molecule has 0 aromatic carbocycles. The number of guanidine groups is 1. The summed E-state index contributed by atoms with van der Waals surface area (Å²) in [4.78, 5) is 19.9. The average Bonchev–Trinajstić information content (AvgIpc) is 3.25. The highest BCUT2D eigenvalue weighted by Crippen LogP contribution is 2.28. The molecule has 124 valence electrons. The first-order chi connectivity index (χ1) is 10.1. The maximum atomic E-state index is 11.5. The number of hydrogen-bond donors (Lipinski definition) is 3. The molecule has 1 aromatic rings. The zero-order valence-electron chi connectivity index (χ0n) is 13.2. The molecule has 0 saturated heterocycles. The van der Waals surface area contributed by atoms with Crippen LogP contribution in [0.15, 0.2) is 9.41 Å². The summed E-state index contributed by atoms with van der Waals surface area (Å²) < 4.78 is 5.49. The Morgan fingerprint density at radius 2 is 1.95 bits per heavy atom. The molecule has 1 aromatic heterocycles. The van der Waals surface area contributed by atoms with Gasteiger partial charge in [0.15, 0.2) is 5.96 Å². The summed E-state index contributed by atoms with van der Waals surface area (Å²) in [5.41, 5.74) is 0.900. The van der Waals surface area contributed by atoms with E-state index >= 15 is 0 Å². The summed E-state index contributed by atoms with van der Waals surface area (Å²) >= 11 is 0. The number of aliphatic imine (C=N–C) groups is 1. The minimum atomic E-state index is 0. The zero-order valence-corrected chi connectivity index (χ0v) is 15.6. The van der Waals surface area contributed by atoms with Gasteiger partial charge in [-0.2, -0.15) is 0 Å². The normalized spacial score (nSPS) is 14.2. The zero-order chi connectivity index (χ0) is 15.2. The second-order valence-corrected chi connectivity index (χ2v) is 5.17. The van der Waals surface area contributed by atoms with Crippen LogP contribution in [0.4, 0.5) is 0 Å². The van der Waals surface area contributed by atoms with Crippen molar-refractivity contribution in [3.8, 4) is 0 Å². The van der Waals surface area contributed by atoms with Crippen LogP contribution in [0.1, 0.15) is 30.2 Å². The highest BCUT2D eigenvalue weighted by atomic mass is 127. The van der Waals surface area contributed by atoms with Gasteiger partial charge < -0.3 is 20.4 Å². The van der Waals surface area contributed by atoms with E-state index in [4.69, 9.17) is 4.42 Å². The molecule has 1 aliphatic carbocycles. The number of halogens is 1. The number of oxazole rings is 1. The van der Waals surface area contributed by atoms with E-state index in [1.807, 2.05) is 13.8 Å². The first kappa shape index (κ1) is 18.7. The van der Waals surface area contributed by atoms with Gasteiger partial charge in [0.2, 0.25) is 11.8 Å². The molecule has 0 unspecified atom stereocenters. The SMILES string of the molecule is CN=C(NCCNC(=O)C1CC1)NCc1nc(C)c(C)o1.I. The maximum absolute atomic E-state index is 11.5. The van der Waals surface area contributed by atoms with E-state index in [0.29, 0.717) is 31.5 Å². The number of carbonyl (C=O) groups excluding carboxylic acids is 1. The Kier molecular flexibility index (Phi) is 7.63. The molecule has 0 bridgehead atoms. The third-order valence-corrected chi connectivity index (χ3v) is 3.37. The molecule has 0 spiro atoms. The van der Waals surface area contributed by atoms with Crippen LogP contribution in [0.5, 0.6) is 0 Å². The summed E-state index contributed by atoms with van der Waals surface area (Å²) in [5.74, 6) is 2.53. The molecule has 3 N–H and O–H groups in total. The molecule has 7 nitrogen and oxygen atoms in total. The first-order valence-electron chi connectivity index (χ1n) is 7.25. The lowest BCUT2D eigenvalue weighted by atomic mass is 10.4. The second kappa shape index (κ2) is 8.96. The third kappa shape index (κ3) is 5.82. The molecule has 1 aliphatic rings. The fourth-order valence-corrected chi connectivity index (χ4v) is 1.85. The predicted octanol–water partition coefficient (Wildman–Crippen LogP) is 1.10. The summed E-state index contributed by atoms with van der Waals surface area (Å²) in [6.07, 6.45) is 2.05. The molecule has 1 amide bonds. The van der Waals surface area contributed by atoms with Gasteiger partial charge in [0.05, 0.1) is 12.2 Å². The van der Waals surface area contributed by atoms with Gasteiger partial charge in [-0.3, -0.25) is 9.79 Å². The van der Waals surface area contributed by atoms with Gasteiger partial charge in [-0.25, -0.2) is 4.98 Å². The number of hydrogen-bond acceptors (Lipinski definition) is 4. The fraction of sp³-hybridized carbons (Fsp3) is 0.643. The van der Waals surface area contributed by atoms with Crippen LogP contribution in [0, 0.1) is 19.8 Å². The molecule has 2 rings (SSSR count). The van der Waals surface area contributed by atoms with Gasteiger partial charge in [0.1, 0.15) is 5.76 Å². The lowest BCUT2D eigenvalue weighted by Crippen LogP contribution is -2.41. The Bertz CT molecular complexity index is 506. The van der Waals surface area contributed by atoms with Gasteiger partial charge in [0.25, 0.3) is 0 Å². The minimum absolute atomic E-state index is 0. The topological polar surface area (TPSA) is 91.5 Å². The van der Waals surface area contributed by atoms with Crippen molar-refractivity contribution in [3.05, 3.63) is 17.3 Å². The van der Waals surface area contributed by atoms with Crippen molar-refractivity contribution in [2.45, 2.75) is 33.2 Å². The van der Waals surface area contributed by atoms with E-state index in [-0.39, 0.29) is 35.8 Å². The van der Waals surface area contributed by atoms with Gasteiger partial charge in [0, 0.05) is 26.1 Å². The number of amides is 1. The van der Waals surface area contributed by atoms with Crippen LogP contribution in [-0.4, -0.2) is 37.0 Å². The molecule has 8 heteroatoms. The van der Waals surface area contributed by atoms with E-state index < -0.39 is 0 Å². The summed E-state index contributed by atoms with van der Waals surface area (Å²) in [6.45, 7) is 5.50. The van der Waals surface area contributed by atoms with E-state index in [0.717, 1.165) is 24.3 Å². The molecular weight excluding hydrogens is 397 g/mol. The fourth-order valence-electron chi connectivity index (χ4n) is 1.85. The second-order valence-electron chi connectivity index (χ2n) is 5.17. The van der Waals surface area contributed by atoms with Crippen LogP contribution in [0.2, 0.25) is 0 Å². The summed E-state index contributed by atoms with van der Waals surface area (Å²) in [7, 11) is 1.70. The number of rotatable bonds is 6. The molecule has 22 heavy (non-hydrogen) atoms. The van der Waals surface area contributed by atoms with Crippen molar-refractivity contribution in [2.24, 2.45) is 10.9 Å². The van der Waals surface area contributed by atoms with Crippen LogP contribution in [0.25, 0.3) is 0 Å². The number of nitrogens with zero attached hydrogens (tertiary/aromatic N) is 2. The Balaban J connectivity index is 0.00000242. The summed E-state index contributed by atoms with van der Waals surface area (Å²) in [6, 6.07) is 0.